The van der Waals surface area contributed by atoms with Gasteiger partial charge in [0, 0.05) is 27.3 Å². The Morgan fingerprint density at radius 1 is 0.909 bits per heavy atom. The van der Waals surface area contributed by atoms with E-state index in [9.17, 15) is 0 Å². The number of aromatic nitrogens is 4. The third kappa shape index (κ3) is 2.95. The number of nitrogens with zero attached hydrogens (tertiary/aromatic N) is 6. The largest absolute Gasteiger partial charge is 0.352 e. The number of benzene rings is 1. The highest BCUT2D eigenvalue weighted by atomic mass is 15.2. The second kappa shape index (κ2) is 5.93. The number of rotatable bonds is 4. The molecule has 0 saturated heterocycles. The molecule has 6 heteroatoms. The lowest BCUT2D eigenvalue weighted by Gasteiger charge is -2.18. The molecule has 0 saturated carbocycles. The summed E-state index contributed by atoms with van der Waals surface area (Å²) in [5.41, 5.74) is 2.73. The Balaban J connectivity index is 1.83. The van der Waals surface area contributed by atoms with Crippen molar-refractivity contribution in [2.45, 2.75) is 6.54 Å². The van der Waals surface area contributed by atoms with Gasteiger partial charge in [0.2, 0.25) is 5.95 Å². The lowest BCUT2D eigenvalue weighted by Crippen LogP contribution is -2.20. The van der Waals surface area contributed by atoms with Crippen molar-refractivity contribution in [1.29, 1.82) is 0 Å². The maximum atomic E-state index is 4.64. The van der Waals surface area contributed by atoms with Gasteiger partial charge in [-0.05, 0) is 18.2 Å². The average Bonchev–Trinajstić information content (AvgIpc) is 2.54. The van der Waals surface area contributed by atoms with Crippen LogP contribution in [0.15, 0.2) is 42.7 Å². The van der Waals surface area contributed by atoms with Crippen LogP contribution in [-0.2, 0) is 6.54 Å². The molecule has 0 amide bonds. The second-order valence-corrected chi connectivity index (χ2v) is 5.32. The highest BCUT2D eigenvalue weighted by Gasteiger charge is 2.08. The maximum Gasteiger partial charge on any atom is 0.225 e. The van der Waals surface area contributed by atoms with Crippen molar-refractivity contribution in [1.82, 2.24) is 19.9 Å². The zero-order valence-electron chi connectivity index (χ0n) is 12.9. The quantitative estimate of drug-likeness (QED) is 0.734. The lowest BCUT2D eigenvalue weighted by atomic mass is 10.3. The van der Waals surface area contributed by atoms with Gasteiger partial charge >= 0.3 is 0 Å². The molecule has 2 aromatic heterocycles. The molecule has 0 aliphatic heterocycles. The summed E-state index contributed by atoms with van der Waals surface area (Å²) in [4.78, 5) is 21.8. The molecule has 1 aromatic carbocycles. The normalized spacial score (nSPS) is 10.7. The third-order valence-corrected chi connectivity index (χ3v) is 3.33. The van der Waals surface area contributed by atoms with Crippen molar-refractivity contribution < 1.29 is 0 Å². The minimum Gasteiger partial charge on any atom is -0.352 e. The molecule has 0 atom stereocenters. The van der Waals surface area contributed by atoms with Crippen LogP contribution in [0.1, 0.15) is 5.69 Å². The monoisotopic (exact) mass is 294 g/mol. The fraction of sp³-hybridized carbons (Fsp3) is 0.250. The number of hydrogen-bond acceptors (Lipinski definition) is 6. The van der Waals surface area contributed by atoms with Gasteiger partial charge < -0.3 is 9.80 Å². The summed E-state index contributed by atoms with van der Waals surface area (Å²) in [6, 6.07) is 9.77. The van der Waals surface area contributed by atoms with Crippen LogP contribution in [0.2, 0.25) is 0 Å². The minimum atomic E-state index is 0.649. The van der Waals surface area contributed by atoms with Crippen LogP contribution >= 0.6 is 0 Å². The van der Waals surface area contributed by atoms with Gasteiger partial charge in [0.1, 0.15) is 5.82 Å². The Bertz CT molecular complexity index is 786. The van der Waals surface area contributed by atoms with Crippen LogP contribution in [0.3, 0.4) is 0 Å². The first kappa shape index (κ1) is 14.2. The standard InChI is InChI=1S/C16H18N6/c1-21(2)16-17-9-8-12(19-16)11-22(3)15-10-18-13-6-4-5-7-14(13)20-15/h4-10H,11H2,1-3H3. The summed E-state index contributed by atoms with van der Waals surface area (Å²) >= 11 is 0. The molecular weight excluding hydrogens is 276 g/mol. The van der Waals surface area contributed by atoms with Gasteiger partial charge in [-0.3, -0.25) is 4.98 Å². The fourth-order valence-corrected chi connectivity index (χ4v) is 2.14. The van der Waals surface area contributed by atoms with E-state index in [1.54, 1.807) is 12.4 Å². The Morgan fingerprint density at radius 2 is 1.68 bits per heavy atom. The van der Waals surface area contributed by atoms with E-state index in [1.807, 2.05) is 61.3 Å². The first-order chi connectivity index (χ1) is 10.6. The molecule has 2 heterocycles. The number of hydrogen-bond donors (Lipinski definition) is 0. The Labute approximate surface area is 129 Å². The van der Waals surface area contributed by atoms with Crippen molar-refractivity contribution in [3.8, 4) is 0 Å². The molecule has 0 aliphatic rings. The van der Waals surface area contributed by atoms with E-state index >= 15 is 0 Å². The second-order valence-electron chi connectivity index (χ2n) is 5.32. The fourth-order valence-electron chi connectivity index (χ4n) is 2.14. The van der Waals surface area contributed by atoms with Crippen molar-refractivity contribution in [3.63, 3.8) is 0 Å². The third-order valence-electron chi connectivity index (χ3n) is 3.33. The number of para-hydroxylation sites is 2. The van der Waals surface area contributed by atoms with Gasteiger partial charge in [-0.15, -0.1) is 0 Å². The molecule has 6 nitrogen and oxygen atoms in total. The van der Waals surface area contributed by atoms with Gasteiger partial charge in [0.05, 0.1) is 29.5 Å². The number of anilines is 2. The van der Waals surface area contributed by atoms with Gasteiger partial charge in [0.25, 0.3) is 0 Å². The van der Waals surface area contributed by atoms with Crippen LogP contribution < -0.4 is 9.80 Å². The zero-order valence-corrected chi connectivity index (χ0v) is 12.9. The minimum absolute atomic E-state index is 0.649. The molecule has 0 fully saturated rings. The van der Waals surface area contributed by atoms with Gasteiger partial charge in [-0.1, -0.05) is 12.1 Å². The van der Waals surface area contributed by atoms with Gasteiger partial charge in [-0.25, -0.2) is 15.0 Å². The zero-order chi connectivity index (χ0) is 15.5. The van der Waals surface area contributed by atoms with Crippen LogP contribution in [-0.4, -0.2) is 41.1 Å². The molecule has 0 radical (unpaired) electrons. The van der Waals surface area contributed by atoms with Gasteiger partial charge in [-0.2, -0.15) is 0 Å². The molecule has 0 N–H and O–H groups in total. The van der Waals surface area contributed by atoms with Crippen LogP contribution in [0.5, 0.6) is 0 Å². The molecule has 0 unspecified atom stereocenters. The topological polar surface area (TPSA) is 58.0 Å². The maximum absolute atomic E-state index is 4.64. The van der Waals surface area contributed by atoms with Gasteiger partial charge in [0.15, 0.2) is 0 Å². The van der Waals surface area contributed by atoms with Crippen molar-refractivity contribution >= 4 is 22.8 Å². The number of fused-ring (bicyclic) bond motifs is 1. The van der Waals surface area contributed by atoms with E-state index in [0.717, 1.165) is 22.5 Å². The first-order valence-electron chi connectivity index (χ1n) is 7.05. The molecular formula is C16H18N6. The highest BCUT2D eigenvalue weighted by Crippen LogP contribution is 2.16. The Kier molecular flexibility index (Phi) is 3.82. The molecule has 112 valence electrons. The van der Waals surface area contributed by atoms with Crippen LogP contribution in [0.4, 0.5) is 11.8 Å². The molecule has 3 aromatic rings. The molecule has 0 aliphatic carbocycles. The summed E-state index contributed by atoms with van der Waals surface area (Å²) in [6.07, 6.45) is 3.56. The summed E-state index contributed by atoms with van der Waals surface area (Å²) in [7, 11) is 5.84. The van der Waals surface area contributed by atoms with Crippen molar-refractivity contribution in [2.75, 3.05) is 30.9 Å². The van der Waals surface area contributed by atoms with Crippen molar-refractivity contribution in [3.05, 3.63) is 48.4 Å². The lowest BCUT2D eigenvalue weighted by molar-refractivity contribution is 0.848. The first-order valence-corrected chi connectivity index (χ1v) is 7.05. The smallest absolute Gasteiger partial charge is 0.225 e. The summed E-state index contributed by atoms with van der Waals surface area (Å²) in [6.45, 7) is 0.649. The van der Waals surface area contributed by atoms with Crippen LogP contribution in [0, 0.1) is 0 Å². The molecule has 0 bridgehead atoms. The van der Waals surface area contributed by atoms with Crippen molar-refractivity contribution in [2.24, 2.45) is 0 Å². The Morgan fingerprint density at radius 3 is 2.45 bits per heavy atom. The average molecular weight is 294 g/mol. The summed E-state index contributed by atoms with van der Waals surface area (Å²) < 4.78 is 0. The van der Waals surface area contributed by atoms with E-state index in [-0.39, 0.29) is 0 Å². The van der Waals surface area contributed by atoms with E-state index < -0.39 is 0 Å². The SMILES string of the molecule is CN(C)c1nccc(CN(C)c2cnc3ccccc3n2)n1. The predicted molar refractivity (Wildman–Crippen MR) is 88.0 cm³/mol. The van der Waals surface area contributed by atoms with Crippen LogP contribution in [0.25, 0.3) is 11.0 Å². The highest BCUT2D eigenvalue weighted by molar-refractivity contribution is 5.75. The molecule has 3 rings (SSSR count). The Hall–Kier alpha value is -2.76. The van der Waals surface area contributed by atoms with E-state index in [0.29, 0.717) is 12.5 Å². The molecule has 22 heavy (non-hydrogen) atoms. The van der Waals surface area contributed by atoms with E-state index in [1.165, 1.54) is 0 Å². The summed E-state index contributed by atoms with van der Waals surface area (Å²) in [5, 5.41) is 0. The predicted octanol–water partition coefficient (Wildman–Crippen LogP) is 2.12. The van der Waals surface area contributed by atoms with E-state index in [2.05, 4.69) is 19.9 Å². The summed E-state index contributed by atoms with van der Waals surface area (Å²) in [5.74, 6) is 1.53. The molecule has 0 spiro atoms. The van der Waals surface area contributed by atoms with E-state index in [4.69, 9.17) is 0 Å².